The van der Waals surface area contributed by atoms with E-state index in [4.69, 9.17) is 11.6 Å². The van der Waals surface area contributed by atoms with Gasteiger partial charge in [-0.1, -0.05) is 6.92 Å². The molecule has 1 aliphatic heterocycles. The van der Waals surface area contributed by atoms with Gasteiger partial charge in [-0.25, -0.2) is 4.98 Å². The van der Waals surface area contributed by atoms with Crippen LogP contribution >= 0.6 is 11.6 Å². The summed E-state index contributed by atoms with van der Waals surface area (Å²) >= 11 is 6.06. The van der Waals surface area contributed by atoms with Gasteiger partial charge in [0.1, 0.15) is 6.33 Å². The summed E-state index contributed by atoms with van der Waals surface area (Å²) in [6.45, 7) is 3.22. The minimum Gasteiger partial charge on any atom is -0.349 e. The first-order valence-corrected chi connectivity index (χ1v) is 6.31. The zero-order chi connectivity index (χ0) is 11.8. The molecule has 0 N–H and O–H groups in total. The normalized spacial score (nSPS) is 24.7. The molecule has 3 rings (SSSR count). The fraction of sp³-hybridized carbons (Fsp3) is 0.545. The average molecular weight is 252 g/mol. The number of fused-ring (bicyclic) bond motifs is 1. The summed E-state index contributed by atoms with van der Waals surface area (Å²) in [7, 11) is 0. The molecule has 0 spiro atoms. The second-order valence-electron chi connectivity index (χ2n) is 4.49. The SMILES string of the molecule is CC1CCN(c2nccn3cnnc23)C1CCl. The molecule has 0 saturated carbocycles. The highest BCUT2D eigenvalue weighted by atomic mass is 35.5. The molecule has 1 aliphatic rings. The van der Waals surface area contributed by atoms with Gasteiger partial charge >= 0.3 is 0 Å². The summed E-state index contributed by atoms with van der Waals surface area (Å²) < 4.78 is 1.89. The zero-order valence-corrected chi connectivity index (χ0v) is 10.4. The van der Waals surface area contributed by atoms with Crippen LogP contribution in [0.25, 0.3) is 5.65 Å². The monoisotopic (exact) mass is 251 g/mol. The van der Waals surface area contributed by atoms with Crippen LogP contribution in [0.2, 0.25) is 0 Å². The predicted molar refractivity (Wildman–Crippen MR) is 66.4 cm³/mol. The third kappa shape index (κ3) is 1.65. The van der Waals surface area contributed by atoms with E-state index < -0.39 is 0 Å². The Bertz CT molecular complexity index is 525. The molecule has 3 heterocycles. The van der Waals surface area contributed by atoms with Gasteiger partial charge in [0.2, 0.25) is 5.65 Å². The molecule has 0 radical (unpaired) electrons. The van der Waals surface area contributed by atoms with Crippen LogP contribution in [0, 0.1) is 5.92 Å². The molecule has 17 heavy (non-hydrogen) atoms. The number of anilines is 1. The van der Waals surface area contributed by atoms with Crippen LogP contribution in [-0.4, -0.2) is 38.0 Å². The van der Waals surface area contributed by atoms with Gasteiger partial charge in [0.15, 0.2) is 5.82 Å². The maximum absolute atomic E-state index is 6.06. The Labute approximate surface area is 104 Å². The van der Waals surface area contributed by atoms with Crippen molar-refractivity contribution < 1.29 is 0 Å². The topological polar surface area (TPSA) is 46.3 Å². The van der Waals surface area contributed by atoms with Gasteiger partial charge in [-0.05, 0) is 12.3 Å². The molecule has 0 aromatic carbocycles. The molecule has 6 heteroatoms. The number of rotatable bonds is 2. The summed E-state index contributed by atoms with van der Waals surface area (Å²) in [5.74, 6) is 2.11. The maximum Gasteiger partial charge on any atom is 0.203 e. The van der Waals surface area contributed by atoms with Crippen molar-refractivity contribution in [3.63, 3.8) is 0 Å². The van der Waals surface area contributed by atoms with Gasteiger partial charge in [0.25, 0.3) is 0 Å². The number of alkyl halides is 1. The van der Waals surface area contributed by atoms with E-state index in [0.717, 1.165) is 24.4 Å². The van der Waals surface area contributed by atoms with E-state index in [1.54, 1.807) is 12.5 Å². The third-order valence-corrected chi connectivity index (χ3v) is 3.83. The van der Waals surface area contributed by atoms with E-state index in [2.05, 4.69) is 27.0 Å². The van der Waals surface area contributed by atoms with Crippen LogP contribution in [0.3, 0.4) is 0 Å². The Morgan fingerprint density at radius 2 is 2.41 bits per heavy atom. The molecular formula is C11H14ClN5. The fourth-order valence-electron chi connectivity index (χ4n) is 2.45. The summed E-state index contributed by atoms with van der Waals surface area (Å²) in [5, 5.41) is 8.04. The van der Waals surface area contributed by atoms with Crippen LogP contribution in [0.5, 0.6) is 0 Å². The molecule has 1 saturated heterocycles. The first-order chi connectivity index (χ1) is 8.31. The highest BCUT2D eigenvalue weighted by Crippen LogP contribution is 2.30. The molecule has 1 fully saturated rings. The van der Waals surface area contributed by atoms with E-state index in [-0.39, 0.29) is 0 Å². The van der Waals surface area contributed by atoms with Gasteiger partial charge in [-0.3, -0.25) is 4.40 Å². The highest BCUT2D eigenvalue weighted by molar-refractivity contribution is 6.18. The van der Waals surface area contributed by atoms with Crippen molar-refractivity contribution in [2.45, 2.75) is 19.4 Å². The molecule has 0 amide bonds. The van der Waals surface area contributed by atoms with Crippen molar-refractivity contribution in [1.82, 2.24) is 19.6 Å². The maximum atomic E-state index is 6.06. The summed E-state index contributed by atoms with van der Waals surface area (Å²) in [6.07, 6.45) is 6.47. The lowest BCUT2D eigenvalue weighted by atomic mass is 10.1. The molecule has 2 aromatic rings. The van der Waals surface area contributed by atoms with Gasteiger partial charge < -0.3 is 4.90 Å². The highest BCUT2D eigenvalue weighted by Gasteiger charge is 2.32. The molecule has 2 aromatic heterocycles. The largest absolute Gasteiger partial charge is 0.349 e. The molecule has 5 nitrogen and oxygen atoms in total. The number of hydrogen-bond acceptors (Lipinski definition) is 4. The number of halogens is 1. The van der Waals surface area contributed by atoms with Crippen LogP contribution in [0.15, 0.2) is 18.7 Å². The smallest absolute Gasteiger partial charge is 0.203 e. The quantitative estimate of drug-likeness (QED) is 0.761. The van der Waals surface area contributed by atoms with Crippen molar-refractivity contribution in [3.8, 4) is 0 Å². The van der Waals surface area contributed by atoms with Gasteiger partial charge in [-0.15, -0.1) is 21.8 Å². The summed E-state index contributed by atoms with van der Waals surface area (Å²) in [6, 6.07) is 0.340. The van der Waals surface area contributed by atoms with Crippen LogP contribution < -0.4 is 4.90 Å². The van der Waals surface area contributed by atoms with E-state index in [1.165, 1.54) is 0 Å². The molecule has 0 bridgehead atoms. The number of nitrogens with zero attached hydrogens (tertiary/aromatic N) is 5. The first-order valence-electron chi connectivity index (χ1n) is 5.78. The minimum absolute atomic E-state index is 0.340. The van der Waals surface area contributed by atoms with Crippen molar-refractivity contribution in [2.24, 2.45) is 5.92 Å². The zero-order valence-electron chi connectivity index (χ0n) is 9.62. The van der Waals surface area contributed by atoms with Gasteiger partial charge in [-0.2, -0.15) is 0 Å². The molecular weight excluding hydrogens is 238 g/mol. The lowest BCUT2D eigenvalue weighted by Gasteiger charge is -2.25. The van der Waals surface area contributed by atoms with Crippen molar-refractivity contribution in [1.29, 1.82) is 0 Å². The van der Waals surface area contributed by atoms with Crippen LogP contribution in [-0.2, 0) is 0 Å². The average Bonchev–Trinajstić information content (AvgIpc) is 2.94. The van der Waals surface area contributed by atoms with Crippen molar-refractivity contribution >= 4 is 23.1 Å². The molecule has 90 valence electrons. The van der Waals surface area contributed by atoms with Crippen LogP contribution in [0.1, 0.15) is 13.3 Å². The van der Waals surface area contributed by atoms with E-state index in [0.29, 0.717) is 17.8 Å². The Hall–Kier alpha value is -1.36. The molecule has 0 aliphatic carbocycles. The Morgan fingerprint density at radius 3 is 3.24 bits per heavy atom. The summed E-state index contributed by atoms with van der Waals surface area (Å²) in [4.78, 5) is 6.69. The van der Waals surface area contributed by atoms with E-state index in [1.807, 2.05) is 10.6 Å². The van der Waals surface area contributed by atoms with E-state index in [9.17, 15) is 0 Å². The van der Waals surface area contributed by atoms with Gasteiger partial charge in [0.05, 0.1) is 0 Å². The van der Waals surface area contributed by atoms with Crippen molar-refractivity contribution in [3.05, 3.63) is 18.7 Å². The molecule has 2 atom stereocenters. The predicted octanol–water partition coefficient (Wildman–Crippen LogP) is 1.58. The Balaban J connectivity index is 2.06. The second-order valence-corrected chi connectivity index (χ2v) is 4.80. The second kappa shape index (κ2) is 4.14. The standard InChI is InChI=1S/C11H14ClN5/c1-8-2-4-17(9(8)6-12)10-11-15-14-7-16(11)5-3-13-10/h3,5,7-9H,2,4,6H2,1H3. The number of hydrogen-bond donors (Lipinski definition) is 0. The summed E-state index contributed by atoms with van der Waals surface area (Å²) in [5.41, 5.74) is 0.803. The Kier molecular flexibility index (Phi) is 2.63. The lowest BCUT2D eigenvalue weighted by molar-refractivity contribution is 0.549. The van der Waals surface area contributed by atoms with E-state index >= 15 is 0 Å². The molecule has 2 unspecified atom stereocenters. The van der Waals surface area contributed by atoms with Gasteiger partial charge in [0, 0.05) is 30.9 Å². The van der Waals surface area contributed by atoms with Crippen molar-refractivity contribution in [2.75, 3.05) is 17.3 Å². The fourth-order valence-corrected chi connectivity index (χ4v) is 2.93. The Morgan fingerprint density at radius 1 is 1.53 bits per heavy atom. The lowest BCUT2D eigenvalue weighted by Crippen LogP contribution is -2.34. The number of aromatic nitrogens is 4. The first kappa shape index (κ1) is 10.8. The van der Waals surface area contributed by atoms with Crippen LogP contribution in [0.4, 0.5) is 5.82 Å². The minimum atomic E-state index is 0.340. The third-order valence-electron chi connectivity index (χ3n) is 3.51.